The van der Waals surface area contributed by atoms with Crippen LogP contribution in [0.15, 0.2) is 158 Å². The van der Waals surface area contributed by atoms with Gasteiger partial charge in [-0.1, -0.05) is 103 Å². The van der Waals surface area contributed by atoms with Crippen LogP contribution in [-0.2, 0) is 0 Å². The molecule has 1 aliphatic heterocycles. The van der Waals surface area contributed by atoms with E-state index in [-0.39, 0.29) is 29.7 Å². The molecule has 2 bridgehead atoms. The third kappa shape index (κ3) is 7.48. The monoisotopic (exact) mass is 830 g/mol. The Morgan fingerprint density at radius 2 is 1.08 bits per heavy atom. The number of anilines is 2. The van der Waals surface area contributed by atoms with E-state index in [0.717, 1.165) is 86.7 Å². The molecular formula is C57H54N2O4. The molecule has 63 heavy (non-hydrogen) atoms. The van der Waals surface area contributed by atoms with Crippen molar-refractivity contribution < 1.29 is 19.7 Å². The van der Waals surface area contributed by atoms with Gasteiger partial charge in [-0.05, 0) is 125 Å². The van der Waals surface area contributed by atoms with Crippen molar-refractivity contribution in [3.05, 3.63) is 174 Å². The van der Waals surface area contributed by atoms with E-state index in [2.05, 4.69) is 128 Å². The zero-order valence-electron chi connectivity index (χ0n) is 36.5. The lowest BCUT2D eigenvalue weighted by Crippen LogP contribution is -2.30. The van der Waals surface area contributed by atoms with Gasteiger partial charge in [-0.3, -0.25) is 0 Å². The number of ether oxygens (including phenoxy) is 2. The van der Waals surface area contributed by atoms with Crippen molar-refractivity contribution in [2.75, 3.05) is 4.90 Å². The second-order valence-electron chi connectivity index (χ2n) is 17.6. The summed E-state index contributed by atoms with van der Waals surface area (Å²) < 4.78 is 15.7. The molecule has 0 radical (unpaired) electrons. The molecule has 2 heterocycles. The molecule has 0 saturated carbocycles. The minimum absolute atomic E-state index is 0.196. The van der Waals surface area contributed by atoms with Gasteiger partial charge in [-0.2, -0.15) is 0 Å². The van der Waals surface area contributed by atoms with Crippen LogP contribution in [0.25, 0.3) is 49.7 Å². The lowest BCUT2D eigenvalue weighted by Gasteiger charge is -2.34. The first-order valence-electron chi connectivity index (χ1n) is 22.5. The van der Waals surface area contributed by atoms with Crippen LogP contribution in [0, 0.1) is 13.8 Å². The van der Waals surface area contributed by atoms with Crippen molar-refractivity contribution in [2.45, 2.75) is 84.0 Å². The summed E-state index contributed by atoms with van der Waals surface area (Å²) in [6.45, 7) is 8.31. The van der Waals surface area contributed by atoms with Crippen LogP contribution in [0.4, 0.5) is 11.4 Å². The van der Waals surface area contributed by atoms with Gasteiger partial charge in [-0.15, -0.1) is 0 Å². The normalized spacial score (nSPS) is 16.9. The van der Waals surface area contributed by atoms with Crippen LogP contribution in [0.2, 0.25) is 0 Å². The van der Waals surface area contributed by atoms with Crippen LogP contribution in [-0.4, -0.2) is 33.0 Å². The van der Waals surface area contributed by atoms with Crippen LogP contribution in [0.3, 0.4) is 0 Å². The molecule has 2 aliphatic rings. The molecule has 1 aromatic heterocycles. The predicted molar refractivity (Wildman–Crippen MR) is 258 cm³/mol. The Morgan fingerprint density at radius 3 is 1.71 bits per heavy atom. The van der Waals surface area contributed by atoms with E-state index < -0.39 is 0 Å². The Bertz CT molecular complexity index is 2960. The summed E-state index contributed by atoms with van der Waals surface area (Å²) in [6, 6.07) is 50.0. The van der Waals surface area contributed by atoms with Crippen molar-refractivity contribution in [3.63, 3.8) is 0 Å². The van der Waals surface area contributed by atoms with Crippen LogP contribution < -0.4 is 14.4 Å². The first kappa shape index (κ1) is 40.2. The third-order valence-electron chi connectivity index (χ3n) is 13.0. The number of aromatic hydroxyl groups is 2. The van der Waals surface area contributed by atoms with Crippen molar-refractivity contribution in [3.8, 4) is 50.9 Å². The smallest absolute Gasteiger partial charge is 0.147 e. The number of nitrogens with zero attached hydrogens (tertiary/aromatic N) is 2. The van der Waals surface area contributed by atoms with E-state index >= 15 is 0 Å². The van der Waals surface area contributed by atoms with Gasteiger partial charge in [0.1, 0.15) is 23.0 Å². The number of aromatic nitrogens is 1. The summed E-state index contributed by atoms with van der Waals surface area (Å²) in [4.78, 5) is 2.42. The third-order valence-corrected chi connectivity index (χ3v) is 13.0. The number of hydrogen-bond acceptors (Lipinski definition) is 5. The maximum Gasteiger partial charge on any atom is 0.147 e. The van der Waals surface area contributed by atoms with Gasteiger partial charge < -0.3 is 29.2 Å². The highest BCUT2D eigenvalue weighted by atomic mass is 16.5. The molecule has 6 heteroatoms. The Kier molecular flexibility index (Phi) is 10.7. The van der Waals surface area contributed by atoms with Gasteiger partial charge in [0.05, 0.1) is 34.6 Å². The summed E-state index contributed by atoms with van der Waals surface area (Å²) in [7, 11) is 0. The van der Waals surface area contributed by atoms with Gasteiger partial charge in [0.2, 0.25) is 0 Å². The molecule has 4 atom stereocenters. The van der Waals surface area contributed by atoms with Crippen molar-refractivity contribution >= 4 is 33.2 Å². The quantitative estimate of drug-likeness (QED) is 0.134. The number of hydrogen-bond donors (Lipinski definition) is 2. The van der Waals surface area contributed by atoms with Gasteiger partial charge in [0.25, 0.3) is 0 Å². The molecule has 8 aromatic rings. The minimum Gasteiger partial charge on any atom is -0.505 e. The lowest BCUT2D eigenvalue weighted by atomic mass is 9.90. The molecule has 7 aromatic carbocycles. The SMILES string of the molecule is Cc1cc(-c2ccccc2OC(C)CC(C)Oc2ccccc2-c2cc(C)cc(-n3c4ccccc4c4ccccc43)c2O)c(O)c(N2c3ccccc3C3C=CCCC2CC3)c1. The number of rotatable bonds is 10. The van der Waals surface area contributed by atoms with E-state index in [1.165, 1.54) is 11.3 Å². The highest BCUT2D eigenvalue weighted by Gasteiger charge is 2.32. The summed E-state index contributed by atoms with van der Waals surface area (Å²) >= 11 is 0. The number of allylic oxidation sites excluding steroid dienone is 2. The molecule has 1 aliphatic carbocycles. The second kappa shape index (κ2) is 16.7. The molecule has 0 saturated heterocycles. The van der Waals surface area contributed by atoms with E-state index in [1.54, 1.807) is 0 Å². The fourth-order valence-corrected chi connectivity index (χ4v) is 10.3. The number of para-hydroxylation sites is 5. The zero-order valence-corrected chi connectivity index (χ0v) is 36.5. The largest absolute Gasteiger partial charge is 0.505 e. The molecule has 2 N–H and O–H groups in total. The second-order valence-corrected chi connectivity index (χ2v) is 17.6. The maximum absolute atomic E-state index is 12.3. The van der Waals surface area contributed by atoms with Gasteiger partial charge in [0, 0.05) is 57.1 Å². The molecule has 6 nitrogen and oxygen atoms in total. The summed E-state index contributed by atoms with van der Waals surface area (Å²) in [5.41, 5.74) is 11.4. The number of phenolic OH excluding ortho intramolecular Hbond substituents is 2. The van der Waals surface area contributed by atoms with Crippen molar-refractivity contribution in [1.29, 1.82) is 0 Å². The molecular weight excluding hydrogens is 777 g/mol. The number of fused-ring (bicyclic) bond motifs is 8. The zero-order chi connectivity index (χ0) is 43.2. The van der Waals surface area contributed by atoms with Gasteiger partial charge in [0.15, 0.2) is 0 Å². The Balaban J connectivity index is 0.921. The molecule has 0 spiro atoms. The highest BCUT2D eigenvalue weighted by molar-refractivity contribution is 6.09. The summed E-state index contributed by atoms with van der Waals surface area (Å²) in [5.74, 6) is 2.23. The number of phenols is 2. The Hall–Kier alpha value is -6.92. The lowest BCUT2D eigenvalue weighted by molar-refractivity contribution is 0.131. The number of aryl methyl sites for hydroxylation is 2. The molecule has 10 rings (SSSR count). The predicted octanol–water partition coefficient (Wildman–Crippen LogP) is 14.5. The summed E-state index contributed by atoms with van der Waals surface area (Å²) in [6.07, 6.45) is 9.08. The average molecular weight is 831 g/mol. The van der Waals surface area contributed by atoms with Gasteiger partial charge in [-0.25, -0.2) is 0 Å². The van der Waals surface area contributed by atoms with Crippen LogP contribution in [0.1, 0.15) is 68.6 Å². The van der Waals surface area contributed by atoms with Crippen molar-refractivity contribution in [2.24, 2.45) is 0 Å². The highest BCUT2D eigenvalue weighted by Crippen LogP contribution is 2.50. The first-order chi connectivity index (χ1) is 30.7. The Morgan fingerprint density at radius 1 is 0.556 bits per heavy atom. The van der Waals surface area contributed by atoms with E-state index in [9.17, 15) is 10.2 Å². The first-order valence-corrected chi connectivity index (χ1v) is 22.5. The number of benzene rings is 7. The molecule has 0 fully saturated rings. The summed E-state index contributed by atoms with van der Waals surface area (Å²) in [5, 5.41) is 26.8. The van der Waals surface area contributed by atoms with Crippen LogP contribution in [0.5, 0.6) is 23.0 Å². The molecule has 4 unspecified atom stereocenters. The van der Waals surface area contributed by atoms with Crippen LogP contribution >= 0.6 is 0 Å². The van der Waals surface area contributed by atoms with E-state index in [0.29, 0.717) is 29.4 Å². The maximum atomic E-state index is 12.3. The standard InChI is InChI=1S/C57H54N2O4/c1-36-31-47(56(60)52(33-36)58-41-18-6-5-17-40(29-30-41)42-19-7-12-24-49(42)58)45-22-10-15-27-54(45)62-38(3)35-39(4)63-55-28-16-11-23-46(55)48-32-37(2)34-53(57(48)61)59-50-25-13-8-20-43(50)44-21-9-14-26-51(44)59/h5,7-17,19-28,31-34,38-41,60-61H,6,18,29-30,35H2,1-4H3. The van der Waals surface area contributed by atoms with E-state index in [1.807, 2.05) is 66.7 Å². The fraction of sp³-hybridized carbons (Fsp3) is 0.228. The molecule has 316 valence electrons. The Labute approximate surface area is 370 Å². The molecule has 0 amide bonds. The topological polar surface area (TPSA) is 67.1 Å². The minimum atomic E-state index is -0.225. The van der Waals surface area contributed by atoms with E-state index in [4.69, 9.17) is 9.47 Å². The fourth-order valence-electron chi connectivity index (χ4n) is 10.3. The van der Waals surface area contributed by atoms with Gasteiger partial charge >= 0.3 is 0 Å². The average Bonchev–Trinajstić information content (AvgIpc) is 3.56. The van der Waals surface area contributed by atoms with Crippen molar-refractivity contribution in [1.82, 2.24) is 4.57 Å².